The average molecular weight is 209 g/mol. The lowest BCUT2D eigenvalue weighted by Crippen LogP contribution is -2.13. The van der Waals surface area contributed by atoms with Crippen molar-refractivity contribution in [2.24, 2.45) is 0 Å². The van der Waals surface area contributed by atoms with Crippen LogP contribution < -0.4 is 0 Å². The maximum atomic E-state index is 12.3. The van der Waals surface area contributed by atoms with Gasteiger partial charge in [-0.3, -0.25) is 4.98 Å². The number of aromatic nitrogens is 1. The first kappa shape index (κ1) is 10.9. The fraction of sp³-hybridized carbons (Fsp3) is 0.375. The van der Waals surface area contributed by atoms with Crippen LogP contribution in [-0.2, 0) is 6.18 Å². The molecule has 14 heavy (non-hydrogen) atoms. The normalized spacial score (nSPS) is 14.1. The molecule has 0 fully saturated rings. The van der Waals surface area contributed by atoms with Crippen LogP contribution in [-0.4, -0.2) is 16.8 Å². The Kier molecular flexibility index (Phi) is 3.05. The van der Waals surface area contributed by atoms with Gasteiger partial charge in [0.2, 0.25) is 0 Å². The smallest absolute Gasteiger partial charge is 0.386 e. The van der Waals surface area contributed by atoms with Crippen molar-refractivity contribution in [2.45, 2.75) is 12.3 Å². The molecule has 78 valence electrons. The molecule has 1 N–H and O–H groups in total. The molecular formula is C8H7F4NO. The molecule has 0 saturated heterocycles. The van der Waals surface area contributed by atoms with E-state index in [9.17, 15) is 17.6 Å². The first-order chi connectivity index (χ1) is 6.46. The van der Waals surface area contributed by atoms with Gasteiger partial charge in [0.1, 0.15) is 12.8 Å². The van der Waals surface area contributed by atoms with Gasteiger partial charge in [0, 0.05) is 18.0 Å². The molecule has 0 saturated carbocycles. The van der Waals surface area contributed by atoms with Gasteiger partial charge in [-0.1, -0.05) is 0 Å². The van der Waals surface area contributed by atoms with E-state index in [0.717, 1.165) is 12.4 Å². The SMILES string of the molecule is OC(CF)c1cnccc1C(F)(F)F. The van der Waals surface area contributed by atoms with E-state index in [1.807, 2.05) is 0 Å². The Balaban J connectivity index is 3.16. The summed E-state index contributed by atoms with van der Waals surface area (Å²) in [5, 5.41) is 8.96. The summed E-state index contributed by atoms with van der Waals surface area (Å²) in [4.78, 5) is 3.40. The average Bonchev–Trinajstić information content (AvgIpc) is 2.15. The zero-order chi connectivity index (χ0) is 10.8. The van der Waals surface area contributed by atoms with Crippen molar-refractivity contribution in [3.05, 3.63) is 29.6 Å². The number of alkyl halides is 4. The second kappa shape index (κ2) is 3.91. The highest BCUT2D eigenvalue weighted by Crippen LogP contribution is 2.33. The van der Waals surface area contributed by atoms with Crippen molar-refractivity contribution in [1.82, 2.24) is 4.98 Å². The fourth-order valence-corrected chi connectivity index (χ4v) is 1.01. The Morgan fingerprint density at radius 2 is 2.07 bits per heavy atom. The van der Waals surface area contributed by atoms with Crippen molar-refractivity contribution in [1.29, 1.82) is 0 Å². The Morgan fingerprint density at radius 1 is 1.43 bits per heavy atom. The van der Waals surface area contributed by atoms with Crippen LogP contribution in [0.25, 0.3) is 0 Å². The van der Waals surface area contributed by atoms with E-state index in [2.05, 4.69) is 4.98 Å². The van der Waals surface area contributed by atoms with Gasteiger partial charge < -0.3 is 5.11 Å². The van der Waals surface area contributed by atoms with E-state index in [1.165, 1.54) is 0 Å². The van der Waals surface area contributed by atoms with Crippen LogP contribution in [0.1, 0.15) is 17.2 Å². The minimum absolute atomic E-state index is 0.539. The van der Waals surface area contributed by atoms with Crippen molar-refractivity contribution < 1.29 is 22.7 Å². The third-order valence-electron chi connectivity index (χ3n) is 1.66. The summed E-state index contributed by atoms with van der Waals surface area (Å²) in [5.74, 6) is 0. The van der Waals surface area contributed by atoms with E-state index >= 15 is 0 Å². The van der Waals surface area contributed by atoms with Gasteiger partial charge in [0.05, 0.1) is 5.56 Å². The third-order valence-corrected chi connectivity index (χ3v) is 1.66. The van der Waals surface area contributed by atoms with E-state index in [0.29, 0.717) is 6.07 Å². The maximum Gasteiger partial charge on any atom is 0.416 e. The number of hydrogen-bond donors (Lipinski definition) is 1. The molecule has 0 radical (unpaired) electrons. The molecule has 1 aromatic heterocycles. The second-order valence-corrected chi connectivity index (χ2v) is 2.63. The van der Waals surface area contributed by atoms with Crippen LogP contribution in [0.15, 0.2) is 18.5 Å². The molecule has 0 bridgehead atoms. The number of aliphatic hydroxyl groups excluding tert-OH is 1. The van der Waals surface area contributed by atoms with E-state index in [4.69, 9.17) is 5.11 Å². The Hall–Kier alpha value is -1.17. The number of hydrogen-bond acceptors (Lipinski definition) is 2. The highest BCUT2D eigenvalue weighted by atomic mass is 19.4. The van der Waals surface area contributed by atoms with E-state index in [-0.39, 0.29) is 0 Å². The number of halogens is 4. The molecule has 2 nitrogen and oxygen atoms in total. The monoisotopic (exact) mass is 209 g/mol. The molecule has 0 aliphatic carbocycles. The van der Waals surface area contributed by atoms with Crippen LogP contribution >= 0.6 is 0 Å². The fourth-order valence-electron chi connectivity index (χ4n) is 1.01. The number of nitrogens with zero attached hydrogens (tertiary/aromatic N) is 1. The van der Waals surface area contributed by atoms with Crippen molar-refractivity contribution in [2.75, 3.05) is 6.67 Å². The predicted octanol–water partition coefficient (Wildman–Crippen LogP) is 2.10. The lowest BCUT2D eigenvalue weighted by atomic mass is 10.1. The topological polar surface area (TPSA) is 33.1 Å². The molecular weight excluding hydrogens is 202 g/mol. The van der Waals surface area contributed by atoms with Crippen LogP contribution in [0.2, 0.25) is 0 Å². The second-order valence-electron chi connectivity index (χ2n) is 2.63. The molecule has 1 rings (SSSR count). The molecule has 1 heterocycles. The molecule has 0 spiro atoms. The van der Waals surface area contributed by atoms with Gasteiger partial charge in [0.25, 0.3) is 0 Å². The molecule has 0 aromatic carbocycles. The summed E-state index contributed by atoms with van der Waals surface area (Å²) in [7, 11) is 0. The predicted molar refractivity (Wildman–Crippen MR) is 40.2 cm³/mol. The Labute approximate surface area is 77.2 Å². The Bertz CT molecular complexity index is 312. The maximum absolute atomic E-state index is 12.3. The van der Waals surface area contributed by atoms with Gasteiger partial charge in [-0.2, -0.15) is 13.2 Å². The molecule has 1 atom stereocenters. The van der Waals surface area contributed by atoms with Gasteiger partial charge in [-0.25, -0.2) is 4.39 Å². The minimum Gasteiger partial charge on any atom is -0.386 e. The molecule has 1 aromatic rings. The van der Waals surface area contributed by atoms with E-state index in [1.54, 1.807) is 0 Å². The largest absolute Gasteiger partial charge is 0.416 e. The van der Waals surface area contributed by atoms with Crippen LogP contribution in [0.4, 0.5) is 17.6 Å². The van der Waals surface area contributed by atoms with Gasteiger partial charge in [-0.15, -0.1) is 0 Å². The van der Waals surface area contributed by atoms with Gasteiger partial charge in [-0.05, 0) is 6.07 Å². The summed E-state index contributed by atoms with van der Waals surface area (Å²) in [6, 6.07) is 0.703. The zero-order valence-corrected chi connectivity index (χ0v) is 6.92. The van der Waals surface area contributed by atoms with E-state index < -0.39 is 30.1 Å². The minimum atomic E-state index is -4.60. The number of pyridine rings is 1. The van der Waals surface area contributed by atoms with Crippen LogP contribution in [0, 0.1) is 0 Å². The molecule has 6 heteroatoms. The van der Waals surface area contributed by atoms with Crippen molar-refractivity contribution >= 4 is 0 Å². The zero-order valence-electron chi connectivity index (χ0n) is 6.92. The lowest BCUT2D eigenvalue weighted by Gasteiger charge is -2.14. The number of rotatable bonds is 2. The van der Waals surface area contributed by atoms with Crippen LogP contribution in [0.3, 0.4) is 0 Å². The third kappa shape index (κ3) is 2.20. The summed E-state index contributed by atoms with van der Waals surface area (Å²) in [5.41, 5.74) is -1.60. The van der Waals surface area contributed by atoms with Gasteiger partial charge in [0.15, 0.2) is 0 Å². The van der Waals surface area contributed by atoms with Gasteiger partial charge >= 0.3 is 6.18 Å². The summed E-state index contributed by atoms with van der Waals surface area (Å²) in [6.45, 7) is -1.27. The summed E-state index contributed by atoms with van der Waals surface area (Å²) in [6.07, 6.45) is -4.63. The Morgan fingerprint density at radius 3 is 2.57 bits per heavy atom. The van der Waals surface area contributed by atoms with Crippen molar-refractivity contribution in [3.63, 3.8) is 0 Å². The first-order valence-electron chi connectivity index (χ1n) is 3.72. The van der Waals surface area contributed by atoms with Crippen LogP contribution in [0.5, 0.6) is 0 Å². The molecule has 0 aliphatic rings. The quantitative estimate of drug-likeness (QED) is 0.756. The molecule has 0 aliphatic heterocycles. The lowest BCUT2D eigenvalue weighted by molar-refractivity contribution is -0.139. The first-order valence-corrected chi connectivity index (χ1v) is 3.72. The van der Waals surface area contributed by atoms with Crippen molar-refractivity contribution in [3.8, 4) is 0 Å². The summed E-state index contributed by atoms with van der Waals surface area (Å²) >= 11 is 0. The highest BCUT2D eigenvalue weighted by Gasteiger charge is 2.34. The number of aliphatic hydroxyl groups is 1. The molecule has 1 unspecified atom stereocenters. The summed E-state index contributed by atoms with van der Waals surface area (Å²) < 4.78 is 48.8. The molecule has 0 amide bonds. The highest BCUT2D eigenvalue weighted by molar-refractivity contribution is 5.28. The standard InChI is InChI=1S/C8H7F4NO/c9-3-7(14)5-4-13-2-1-6(5)8(10,11)12/h1-2,4,7,14H,3H2.